The van der Waals surface area contributed by atoms with Gasteiger partial charge in [-0.2, -0.15) is 18.3 Å². The quantitative estimate of drug-likeness (QED) is 0.894. The number of hydrogen-bond acceptors (Lipinski definition) is 3. The number of anilines is 1. The zero-order chi connectivity index (χ0) is 14.6. The summed E-state index contributed by atoms with van der Waals surface area (Å²) in [6.45, 7) is 3.77. The van der Waals surface area contributed by atoms with Gasteiger partial charge in [-0.1, -0.05) is 6.92 Å². The molecule has 1 rings (SSSR count). The van der Waals surface area contributed by atoms with E-state index in [2.05, 4.69) is 26.3 Å². The number of nitrogens with one attached hydrogen (secondary N) is 1. The van der Waals surface area contributed by atoms with Crippen molar-refractivity contribution in [3.63, 3.8) is 0 Å². The van der Waals surface area contributed by atoms with Gasteiger partial charge in [0.25, 0.3) is 5.56 Å². The Morgan fingerprint density at radius 2 is 2.16 bits per heavy atom. The Balaban J connectivity index is 2.86. The highest BCUT2D eigenvalue weighted by atomic mass is 79.9. The minimum absolute atomic E-state index is 0.199. The molecule has 0 aromatic carbocycles. The van der Waals surface area contributed by atoms with Crippen LogP contribution in [0.4, 0.5) is 18.9 Å². The lowest BCUT2D eigenvalue weighted by molar-refractivity contribution is -0.136. The summed E-state index contributed by atoms with van der Waals surface area (Å²) in [5.41, 5.74) is -0.0832. The molecule has 1 N–H and O–H groups in total. The van der Waals surface area contributed by atoms with Gasteiger partial charge in [-0.15, -0.1) is 0 Å². The van der Waals surface area contributed by atoms with Gasteiger partial charge in [-0.25, -0.2) is 4.68 Å². The fourth-order valence-corrected chi connectivity index (χ4v) is 2.02. The lowest BCUT2D eigenvalue weighted by atomic mass is 10.2. The monoisotopic (exact) mass is 341 g/mol. The largest absolute Gasteiger partial charge is 0.391 e. The highest BCUT2D eigenvalue weighted by Crippen LogP contribution is 2.24. The molecule has 1 aromatic heterocycles. The van der Waals surface area contributed by atoms with Crippen LogP contribution in [-0.4, -0.2) is 22.0 Å². The molecule has 0 saturated heterocycles. The third kappa shape index (κ3) is 4.85. The molecule has 19 heavy (non-hydrogen) atoms. The molecular weight excluding hydrogens is 327 g/mol. The van der Waals surface area contributed by atoms with Crippen molar-refractivity contribution < 1.29 is 13.2 Å². The van der Waals surface area contributed by atoms with Crippen LogP contribution >= 0.6 is 15.9 Å². The average Bonchev–Trinajstić information content (AvgIpc) is 2.26. The number of aromatic nitrogens is 2. The molecule has 1 heterocycles. The Hall–Kier alpha value is -1.05. The predicted octanol–water partition coefficient (Wildman–Crippen LogP) is 3.17. The van der Waals surface area contributed by atoms with Gasteiger partial charge in [0.05, 0.1) is 18.3 Å². The van der Waals surface area contributed by atoms with E-state index in [1.807, 2.05) is 6.92 Å². The van der Waals surface area contributed by atoms with Crippen molar-refractivity contribution in [3.8, 4) is 0 Å². The molecular formula is C11H15BrF3N3O. The highest BCUT2D eigenvalue weighted by molar-refractivity contribution is 9.10. The molecule has 4 nitrogen and oxygen atoms in total. The number of alkyl halides is 3. The van der Waals surface area contributed by atoms with Crippen LogP contribution in [0.1, 0.15) is 26.7 Å². The van der Waals surface area contributed by atoms with Crippen LogP contribution in [0.3, 0.4) is 0 Å². The van der Waals surface area contributed by atoms with E-state index in [9.17, 15) is 18.0 Å². The minimum atomic E-state index is -4.25. The maximum Gasteiger partial charge on any atom is 0.391 e. The number of halogens is 4. The second-order valence-electron chi connectivity index (χ2n) is 4.27. The highest BCUT2D eigenvalue weighted by Gasteiger charge is 2.30. The third-order valence-corrected chi connectivity index (χ3v) is 3.13. The molecule has 0 bridgehead atoms. The van der Waals surface area contributed by atoms with Crippen molar-refractivity contribution in [3.05, 3.63) is 21.0 Å². The standard InChI is InChI=1S/C11H15BrF3N3O/c1-3-4-18-10(19)9(12)8(6-16-18)17-7(2)5-11(13,14)15/h6-7,17H,3-5H2,1-2H3. The van der Waals surface area contributed by atoms with Gasteiger partial charge in [0.15, 0.2) is 0 Å². The first-order chi connectivity index (χ1) is 8.74. The topological polar surface area (TPSA) is 46.9 Å². The molecule has 1 aromatic rings. The first-order valence-electron chi connectivity index (χ1n) is 5.83. The predicted molar refractivity (Wildman–Crippen MR) is 70.2 cm³/mol. The van der Waals surface area contributed by atoms with Crippen molar-refractivity contribution in [2.75, 3.05) is 5.32 Å². The minimum Gasteiger partial charge on any atom is -0.380 e. The maximum absolute atomic E-state index is 12.2. The molecule has 0 aliphatic heterocycles. The lowest BCUT2D eigenvalue weighted by Crippen LogP contribution is -2.28. The number of hydrogen-bond donors (Lipinski definition) is 1. The van der Waals surface area contributed by atoms with E-state index in [-0.39, 0.29) is 15.7 Å². The van der Waals surface area contributed by atoms with Crippen molar-refractivity contribution in [2.24, 2.45) is 0 Å². The fourth-order valence-electron chi connectivity index (χ4n) is 1.60. The average molecular weight is 342 g/mol. The zero-order valence-electron chi connectivity index (χ0n) is 10.6. The Bertz CT molecular complexity index is 487. The summed E-state index contributed by atoms with van der Waals surface area (Å²) in [5, 5.41) is 6.54. The van der Waals surface area contributed by atoms with E-state index < -0.39 is 18.6 Å². The van der Waals surface area contributed by atoms with Crippen molar-refractivity contribution in [1.82, 2.24) is 9.78 Å². The number of aryl methyl sites for hydroxylation is 1. The number of rotatable bonds is 5. The van der Waals surface area contributed by atoms with Crippen LogP contribution in [-0.2, 0) is 6.54 Å². The van der Waals surface area contributed by atoms with Crippen LogP contribution in [0, 0.1) is 0 Å². The summed E-state index contributed by atoms with van der Waals surface area (Å²) in [5.74, 6) is 0. The third-order valence-electron chi connectivity index (χ3n) is 2.36. The van der Waals surface area contributed by atoms with E-state index >= 15 is 0 Å². The molecule has 0 spiro atoms. The Kier molecular flexibility index (Phi) is 5.39. The molecule has 0 aliphatic carbocycles. The van der Waals surface area contributed by atoms with Gasteiger partial charge < -0.3 is 5.32 Å². The summed E-state index contributed by atoms with van der Waals surface area (Å²) in [7, 11) is 0. The maximum atomic E-state index is 12.2. The van der Waals surface area contributed by atoms with Crippen LogP contribution in [0.5, 0.6) is 0 Å². The summed E-state index contributed by atoms with van der Waals surface area (Å²) < 4.78 is 38.1. The Morgan fingerprint density at radius 3 is 2.68 bits per heavy atom. The zero-order valence-corrected chi connectivity index (χ0v) is 12.2. The second-order valence-corrected chi connectivity index (χ2v) is 5.06. The van der Waals surface area contributed by atoms with E-state index in [0.717, 1.165) is 6.42 Å². The molecule has 0 radical (unpaired) electrons. The smallest absolute Gasteiger partial charge is 0.380 e. The Labute approximate surface area is 117 Å². The van der Waals surface area contributed by atoms with Crippen LogP contribution in [0.25, 0.3) is 0 Å². The molecule has 1 atom stereocenters. The summed E-state index contributed by atoms with van der Waals surface area (Å²) in [6.07, 6.45) is -3.12. The molecule has 0 amide bonds. The fraction of sp³-hybridized carbons (Fsp3) is 0.636. The van der Waals surface area contributed by atoms with Crippen molar-refractivity contribution in [1.29, 1.82) is 0 Å². The van der Waals surface area contributed by atoms with E-state index in [4.69, 9.17) is 0 Å². The first kappa shape index (κ1) is 16.0. The molecule has 0 fully saturated rings. The van der Waals surface area contributed by atoms with Crippen molar-refractivity contribution >= 4 is 21.6 Å². The van der Waals surface area contributed by atoms with Gasteiger partial charge in [0.1, 0.15) is 4.47 Å². The van der Waals surface area contributed by atoms with Gasteiger partial charge >= 0.3 is 6.18 Å². The lowest BCUT2D eigenvalue weighted by Gasteiger charge is -2.17. The van der Waals surface area contributed by atoms with E-state index in [1.54, 1.807) is 0 Å². The SMILES string of the molecule is CCCn1ncc(NC(C)CC(F)(F)F)c(Br)c1=O. The van der Waals surface area contributed by atoms with Gasteiger partial charge in [-0.05, 0) is 29.3 Å². The first-order valence-corrected chi connectivity index (χ1v) is 6.62. The number of nitrogens with zero attached hydrogens (tertiary/aromatic N) is 2. The van der Waals surface area contributed by atoms with Gasteiger partial charge in [-0.3, -0.25) is 4.79 Å². The summed E-state index contributed by atoms with van der Waals surface area (Å²) >= 11 is 3.09. The van der Waals surface area contributed by atoms with Crippen molar-refractivity contribution in [2.45, 2.75) is 45.5 Å². The Morgan fingerprint density at radius 1 is 1.53 bits per heavy atom. The molecule has 0 aliphatic rings. The molecule has 108 valence electrons. The summed E-state index contributed by atoms with van der Waals surface area (Å²) in [4.78, 5) is 11.8. The molecule has 1 unspecified atom stereocenters. The van der Waals surface area contributed by atoms with E-state index in [0.29, 0.717) is 6.54 Å². The second kappa shape index (κ2) is 6.40. The van der Waals surface area contributed by atoms with Crippen LogP contribution < -0.4 is 10.9 Å². The summed E-state index contributed by atoms with van der Waals surface area (Å²) in [6, 6.07) is -0.834. The molecule has 8 heteroatoms. The van der Waals surface area contributed by atoms with Crippen LogP contribution in [0.2, 0.25) is 0 Å². The van der Waals surface area contributed by atoms with Gasteiger partial charge in [0, 0.05) is 12.6 Å². The van der Waals surface area contributed by atoms with E-state index in [1.165, 1.54) is 17.8 Å². The van der Waals surface area contributed by atoms with Crippen LogP contribution in [0.15, 0.2) is 15.5 Å². The van der Waals surface area contributed by atoms with Gasteiger partial charge in [0.2, 0.25) is 0 Å². The molecule has 0 saturated carbocycles. The normalized spacial score (nSPS) is 13.4.